The fourth-order valence-electron chi connectivity index (χ4n) is 2.25. The monoisotopic (exact) mass is 353 g/mol. The van der Waals surface area contributed by atoms with E-state index in [9.17, 15) is 18.0 Å². The van der Waals surface area contributed by atoms with Crippen molar-refractivity contribution in [2.45, 2.75) is 19.5 Å². The van der Waals surface area contributed by atoms with Crippen molar-refractivity contribution < 1.29 is 27.4 Å². The second-order valence-corrected chi connectivity index (χ2v) is 5.27. The minimum Gasteiger partial charge on any atom is -0.494 e. The predicted molar refractivity (Wildman–Crippen MR) is 86.4 cm³/mol. The largest absolute Gasteiger partial charge is 0.494 e. The van der Waals surface area contributed by atoms with Crippen LogP contribution >= 0.6 is 0 Å². The number of carbonyl (C=O) groups is 1. The number of ether oxygens (including phenoxy) is 2. The molecule has 0 aliphatic heterocycles. The Morgan fingerprint density at radius 3 is 2.40 bits per heavy atom. The van der Waals surface area contributed by atoms with Gasteiger partial charge in [0.1, 0.15) is 5.75 Å². The lowest BCUT2D eigenvalue weighted by Gasteiger charge is -2.08. The number of benzene rings is 2. The lowest BCUT2D eigenvalue weighted by molar-refractivity contribution is -0.120. The van der Waals surface area contributed by atoms with Crippen molar-refractivity contribution in [1.29, 1.82) is 0 Å². The van der Waals surface area contributed by atoms with Crippen LogP contribution in [0.1, 0.15) is 11.1 Å². The molecule has 0 saturated heterocycles. The molecule has 4 nitrogen and oxygen atoms in total. The fourth-order valence-corrected chi connectivity index (χ4v) is 2.25. The summed E-state index contributed by atoms with van der Waals surface area (Å²) >= 11 is 0. The van der Waals surface area contributed by atoms with Gasteiger partial charge in [-0.25, -0.2) is 4.39 Å². The van der Waals surface area contributed by atoms with Crippen molar-refractivity contribution in [1.82, 2.24) is 5.32 Å². The van der Waals surface area contributed by atoms with Gasteiger partial charge in [-0.3, -0.25) is 4.79 Å². The van der Waals surface area contributed by atoms with E-state index in [2.05, 4.69) is 10.1 Å². The van der Waals surface area contributed by atoms with Crippen LogP contribution in [-0.4, -0.2) is 26.2 Å². The zero-order valence-electron chi connectivity index (χ0n) is 13.6. The van der Waals surface area contributed by atoms with E-state index in [1.165, 1.54) is 31.4 Å². The molecule has 1 N–H and O–H groups in total. The molecule has 0 bridgehead atoms. The Bertz CT molecular complexity index is 705. The number of carbonyl (C=O) groups excluding carboxylic acids is 1. The summed E-state index contributed by atoms with van der Waals surface area (Å²) < 4.78 is 46.8. The minimum absolute atomic E-state index is 0.0576. The Hall–Kier alpha value is -2.70. The van der Waals surface area contributed by atoms with E-state index < -0.39 is 12.4 Å². The highest BCUT2D eigenvalue weighted by molar-refractivity contribution is 5.78. The molecular weight excluding hydrogens is 335 g/mol. The molecule has 0 aromatic heterocycles. The quantitative estimate of drug-likeness (QED) is 0.792. The molecule has 0 heterocycles. The van der Waals surface area contributed by atoms with Crippen LogP contribution in [-0.2, 0) is 17.6 Å². The second-order valence-electron chi connectivity index (χ2n) is 5.27. The van der Waals surface area contributed by atoms with Crippen LogP contribution in [0.3, 0.4) is 0 Å². The van der Waals surface area contributed by atoms with E-state index in [-0.39, 0.29) is 23.8 Å². The lowest BCUT2D eigenvalue weighted by atomic mass is 10.1. The fraction of sp³-hybridized carbons (Fsp3) is 0.278. The van der Waals surface area contributed by atoms with Crippen molar-refractivity contribution in [2.24, 2.45) is 0 Å². The summed E-state index contributed by atoms with van der Waals surface area (Å²) in [7, 11) is 1.37. The molecule has 0 fully saturated rings. The second kappa shape index (κ2) is 8.96. The zero-order chi connectivity index (χ0) is 18.2. The summed E-state index contributed by atoms with van der Waals surface area (Å²) in [6.07, 6.45) is 0.597. The van der Waals surface area contributed by atoms with Crippen LogP contribution in [0.2, 0.25) is 0 Å². The predicted octanol–water partition coefficient (Wildman–Crippen LogP) is 3.34. The average molecular weight is 353 g/mol. The molecule has 2 rings (SSSR count). The molecule has 1 amide bonds. The average Bonchev–Trinajstić information content (AvgIpc) is 2.56. The van der Waals surface area contributed by atoms with E-state index in [1.54, 1.807) is 18.2 Å². The Labute approximate surface area is 143 Å². The molecule has 0 aliphatic rings. The van der Waals surface area contributed by atoms with Gasteiger partial charge in [0.2, 0.25) is 5.91 Å². The summed E-state index contributed by atoms with van der Waals surface area (Å²) in [6.45, 7) is -2.47. The van der Waals surface area contributed by atoms with Gasteiger partial charge in [0.15, 0.2) is 11.6 Å². The van der Waals surface area contributed by atoms with E-state index in [4.69, 9.17) is 4.74 Å². The molecule has 25 heavy (non-hydrogen) atoms. The van der Waals surface area contributed by atoms with Gasteiger partial charge >= 0.3 is 6.61 Å². The van der Waals surface area contributed by atoms with Crippen LogP contribution in [0.5, 0.6) is 11.5 Å². The summed E-state index contributed by atoms with van der Waals surface area (Å²) in [4.78, 5) is 11.9. The Balaban J connectivity index is 1.77. The highest BCUT2D eigenvalue weighted by Crippen LogP contribution is 2.18. The smallest absolute Gasteiger partial charge is 0.387 e. The molecule has 0 radical (unpaired) electrons. The van der Waals surface area contributed by atoms with Crippen LogP contribution in [0.15, 0.2) is 42.5 Å². The topological polar surface area (TPSA) is 47.6 Å². The van der Waals surface area contributed by atoms with Gasteiger partial charge in [-0.1, -0.05) is 18.2 Å². The maximum atomic E-state index is 13.6. The van der Waals surface area contributed by atoms with Crippen LogP contribution in [0.25, 0.3) is 0 Å². The van der Waals surface area contributed by atoms with Gasteiger partial charge in [-0.2, -0.15) is 8.78 Å². The first-order chi connectivity index (χ1) is 12.0. The van der Waals surface area contributed by atoms with Crippen LogP contribution in [0.4, 0.5) is 13.2 Å². The minimum atomic E-state index is -2.85. The van der Waals surface area contributed by atoms with Crippen LogP contribution < -0.4 is 14.8 Å². The molecule has 0 unspecified atom stereocenters. The van der Waals surface area contributed by atoms with E-state index >= 15 is 0 Å². The first-order valence-electron chi connectivity index (χ1n) is 7.61. The Morgan fingerprint density at radius 2 is 1.80 bits per heavy atom. The molecule has 134 valence electrons. The van der Waals surface area contributed by atoms with Crippen molar-refractivity contribution in [3.05, 3.63) is 59.4 Å². The molecule has 0 spiro atoms. The molecule has 7 heteroatoms. The van der Waals surface area contributed by atoms with Gasteiger partial charge < -0.3 is 14.8 Å². The molecule has 2 aromatic rings. The third kappa shape index (κ3) is 6.02. The Morgan fingerprint density at radius 1 is 1.12 bits per heavy atom. The number of halogens is 3. The molecule has 2 aromatic carbocycles. The zero-order valence-corrected chi connectivity index (χ0v) is 13.6. The summed E-state index contributed by atoms with van der Waals surface area (Å²) in [5.41, 5.74) is 1.42. The third-order valence-electron chi connectivity index (χ3n) is 3.47. The maximum absolute atomic E-state index is 13.6. The highest BCUT2D eigenvalue weighted by atomic mass is 19.3. The normalized spacial score (nSPS) is 10.6. The number of rotatable bonds is 8. The van der Waals surface area contributed by atoms with Crippen molar-refractivity contribution in [3.63, 3.8) is 0 Å². The molecule has 0 saturated carbocycles. The molecule has 0 atom stereocenters. The van der Waals surface area contributed by atoms with Gasteiger partial charge in [0.25, 0.3) is 0 Å². The van der Waals surface area contributed by atoms with E-state index in [0.29, 0.717) is 18.5 Å². The van der Waals surface area contributed by atoms with Crippen molar-refractivity contribution >= 4 is 5.91 Å². The molecular formula is C18H18F3NO3. The Kier molecular flexibility index (Phi) is 6.68. The number of amides is 1. The van der Waals surface area contributed by atoms with Gasteiger partial charge in [0.05, 0.1) is 13.5 Å². The lowest BCUT2D eigenvalue weighted by Crippen LogP contribution is -2.27. The number of nitrogens with one attached hydrogen (secondary N) is 1. The van der Waals surface area contributed by atoms with Gasteiger partial charge in [0, 0.05) is 6.54 Å². The number of alkyl halides is 2. The summed E-state index contributed by atoms with van der Waals surface area (Å²) in [5.74, 6) is -0.533. The number of hydrogen-bond acceptors (Lipinski definition) is 3. The number of methoxy groups -OCH3 is 1. The first-order valence-corrected chi connectivity index (χ1v) is 7.61. The third-order valence-corrected chi connectivity index (χ3v) is 3.47. The summed E-state index contributed by atoms with van der Waals surface area (Å²) in [5, 5.41) is 2.73. The highest BCUT2D eigenvalue weighted by Gasteiger charge is 2.08. The SMILES string of the molecule is COc1ccc(CC(=O)NCCc2ccc(OC(F)F)cc2)cc1F. The molecule has 0 aliphatic carbocycles. The van der Waals surface area contributed by atoms with Gasteiger partial charge in [-0.05, 0) is 41.8 Å². The van der Waals surface area contributed by atoms with E-state index in [1.807, 2.05) is 0 Å². The van der Waals surface area contributed by atoms with Crippen LogP contribution in [0, 0.1) is 5.82 Å². The van der Waals surface area contributed by atoms with Gasteiger partial charge in [-0.15, -0.1) is 0 Å². The van der Waals surface area contributed by atoms with Crippen molar-refractivity contribution in [3.8, 4) is 11.5 Å². The standard InChI is InChI=1S/C18H18F3NO3/c1-24-16-7-4-13(10-15(16)19)11-17(23)22-9-8-12-2-5-14(6-3-12)25-18(20)21/h2-7,10,18H,8-9,11H2,1H3,(H,22,23). The number of hydrogen-bond donors (Lipinski definition) is 1. The first kappa shape index (κ1) is 18.6. The van der Waals surface area contributed by atoms with E-state index in [0.717, 1.165) is 5.56 Å². The van der Waals surface area contributed by atoms with Crippen molar-refractivity contribution in [2.75, 3.05) is 13.7 Å². The summed E-state index contributed by atoms with van der Waals surface area (Å²) in [6, 6.07) is 10.6. The maximum Gasteiger partial charge on any atom is 0.387 e.